The zero-order valence-corrected chi connectivity index (χ0v) is 10.1. The minimum atomic E-state index is -0.460. The first-order valence-electron chi connectivity index (χ1n) is 4.06. The highest BCUT2D eigenvalue weighted by molar-refractivity contribution is 14.1. The summed E-state index contributed by atoms with van der Waals surface area (Å²) in [6.07, 6.45) is 1.68. The fourth-order valence-electron chi connectivity index (χ4n) is 1.25. The van der Waals surface area contributed by atoms with Crippen LogP contribution in [0.5, 0.6) is 0 Å². The van der Waals surface area contributed by atoms with Gasteiger partial charge in [0.25, 0.3) is 5.69 Å². The highest BCUT2D eigenvalue weighted by atomic mass is 127. The molecule has 0 aliphatic heterocycles. The molecule has 0 atom stereocenters. The second-order valence-electron chi connectivity index (χ2n) is 2.89. The third kappa shape index (κ3) is 2.53. The van der Waals surface area contributed by atoms with Crippen molar-refractivity contribution in [2.75, 3.05) is 0 Å². The van der Waals surface area contributed by atoms with Crippen LogP contribution in [0.25, 0.3) is 6.08 Å². The summed E-state index contributed by atoms with van der Waals surface area (Å²) in [4.78, 5) is 10.1. The number of benzene rings is 1. The molecule has 0 aliphatic carbocycles. The van der Waals surface area contributed by atoms with Gasteiger partial charge in [-0.15, -0.1) is 0 Å². The SMILES string of the molecule is Cc1cc([N+](=O)[O-])cc(/C=C\I)c1C#N. The summed E-state index contributed by atoms with van der Waals surface area (Å²) in [5.74, 6) is 0. The first-order valence-corrected chi connectivity index (χ1v) is 5.30. The van der Waals surface area contributed by atoms with Crippen LogP contribution < -0.4 is 0 Å². The van der Waals surface area contributed by atoms with Crippen LogP contribution in [0.15, 0.2) is 16.2 Å². The Morgan fingerprint density at radius 2 is 2.27 bits per heavy atom. The molecule has 0 N–H and O–H groups in total. The predicted molar refractivity (Wildman–Crippen MR) is 65.6 cm³/mol. The van der Waals surface area contributed by atoms with Crippen LogP contribution in [-0.2, 0) is 0 Å². The Morgan fingerprint density at radius 1 is 1.60 bits per heavy atom. The fraction of sp³-hybridized carbons (Fsp3) is 0.100. The molecule has 1 rings (SSSR count). The molecule has 0 aliphatic rings. The second kappa shape index (κ2) is 4.89. The molecule has 4 nitrogen and oxygen atoms in total. The molecule has 0 aromatic heterocycles. The summed E-state index contributed by atoms with van der Waals surface area (Å²) in [6.45, 7) is 1.69. The van der Waals surface area contributed by atoms with Crippen molar-refractivity contribution in [1.29, 1.82) is 5.26 Å². The number of nitrogens with zero attached hydrogens (tertiary/aromatic N) is 2. The van der Waals surface area contributed by atoms with Gasteiger partial charge in [0, 0.05) is 12.1 Å². The Balaban J connectivity index is 3.46. The molecule has 0 saturated carbocycles. The monoisotopic (exact) mass is 314 g/mol. The number of aryl methyl sites for hydroxylation is 1. The van der Waals surface area contributed by atoms with Gasteiger partial charge in [0.15, 0.2) is 0 Å². The average Bonchev–Trinajstić information content (AvgIpc) is 2.17. The minimum Gasteiger partial charge on any atom is -0.258 e. The van der Waals surface area contributed by atoms with Crippen molar-refractivity contribution in [3.63, 3.8) is 0 Å². The number of nitro groups is 1. The number of rotatable bonds is 2. The van der Waals surface area contributed by atoms with Crippen molar-refractivity contribution < 1.29 is 4.92 Å². The van der Waals surface area contributed by atoms with Crippen molar-refractivity contribution in [2.24, 2.45) is 0 Å². The van der Waals surface area contributed by atoms with E-state index < -0.39 is 4.92 Å². The van der Waals surface area contributed by atoms with Crippen LogP contribution in [0.3, 0.4) is 0 Å². The molecule has 0 spiro atoms. The van der Waals surface area contributed by atoms with Crippen LogP contribution in [-0.4, -0.2) is 4.92 Å². The van der Waals surface area contributed by atoms with E-state index in [0.29, 0.717) is 16.7 Å². The number of halogens is 1. The molecule has 0 bridgehead atoms. The van der Waals surface area contributed by atoms with Gasteiger partial charge >= 0.3 is 0 Å². The van der Waals surface area contributed by atoms with E-state index in [1.54, 1.807) is 17.1 Å². The van der Waals surface area contributed by atoms with Gasteiger partial charge in [-0.3, -0.25) is 10.1 Å². The van der Waals surface area contributed by atoms with Crippen LogP contribution in [0.1, 0.15) is 16.7 Å². The van der Waals surface area contributed by atoms with Crippen LogP contribution >= 0.6 is 22.6 Å². The van der Waals surface area contributed by atoms with Gasteiger partial charge in [-0.25, -0.2) is 0 Å². The molecular formula is C10H7IN2O2. The zero-order valence-electron chi connectivity index (χ0n) is 7.90. The lowest BCUT2D eigenvalue weighted by molar-refractivity contribution is -0.384. The number of nitro benzene ring substituents is 1. The van der Waals surface area contributed by atoms with Gasteiger partial charge in [-0.2, -0.15) is 5.26 Å². The quantitative estimate of drug-likeness (QED) is 0.478. The molecule has 0 saturated heterocycles. The third-order valence-electron chi connectivity index (χ3n) is 1.92. The molecule has 76 valence electrons. The van der Waals surface area contributed by atoms with E-state index >= 15 is 0 Å². The third-order valence-corrected chi connectivity index (χ3v) is 2.28. The van der Waals surface area contributed by atoms with Crippen molar-refractivity contribution in [3.8, 4) is 6.07 Å². The first-order chi connectivity index (χ1) is 7.10. The van der Waals surface area contributed by atoms with Gasteiger partial charge in [-0.1, -0.05) is 22.6 Å². The molecule has 1 aromatic carbocycles. The van der Waals surface area contributed by atoms with E-state index in [0.717, 1.165) is 0 Å². The van der Waals surface area contributed by atoms with E-state index in [4.69, 9.17) is 5.26 Å². The lowest BCUT2D eigenvalue weighted by Crippen LogP contribution is -1.93. The van der Waals surface area contributed by atoms with Crippen LogP contribution in [0.2, 0.25) is 0 Å². The maximum absolute atomic E-state index is 10.6. The zero-order chi connectivity index (χ0) is 11.4. The summed E-state index contributed by atoms with van der Waals surface area (Å²) < 4.78 is 1.72. The van der Waals surface area contributed by atoms with Crippen LogP contribution in [0.4, 0.5) is 5.69 Å². The second-order valence-corrected chi connectivity index (χ2v) is 3.61. The Bertz CT molecular complexity index is 475. The lowest BCUT2D eigenvalue weighted by Gasteiger charge is -2.01. The maximum Gasteiger partial charge on any atom is 0.270 e. The Hall–Kier alpha value is -1.42. The summed E-state index contributed by atoms with van der Waals surface area (Å²) in [7, 11) is 0. The molecule has 0 amide bonds. The number of nitriles is 1. The largest absolute Gasteiger partial charge is 0.270 e. The highest BCUT2D eigenvalue weighted by Crippen LogP contribution is 2.23. The summed E-state index contributed by atoms with van der Waals surface area (Å²) >= 11 is 2.00. The van der Waals surface area contributed by atoms with Crippen molar-refractivity contribution in [3.05, 3.63) is 43.0 Å². The van der Waals surface area contributed by atoms with E-state index in [1.165, 1.54) is 12.1 Å². The average molecular weight is 314 g/mol. The van der Waals surface area contributed by atoms with E-state index in [2.05, 4.69) is 0 Å². The summed E-state index contributed by atoms with van der Waals surface area (Å²) in [5.41, 5.74) is 1.69. The van der Waals surface area contributed by atoms with Gasteiger partial charge in [0.2, 0.25) is 0 Å². The molecule has 0 fully saturated rings. The van der Waals surface area contributed by atoms with Gasteiger partial charge < -0.3 is 0 Å². The minimum absolute atomic E-state index is 0.0102. The van der Waals surface area contributed by atoms with E-state index in [9.17, 15) is 10.1 Å². The van der Waals surface area contributed by atoms with Crippen LogP contribution in [0, 0.1) is 28.4 Å². The van der Waals surface area contributed by atoms with Gasteiger partial charge in [0.1, 0.15) is 6.07 Å². The smallest absolute Gasteiger partial charge is 0.258 e. The normalized spacial score (nSPS) is 10.2. The molecule has 0 radical (unpaired) electrons. The maximum atomic E-state index is 10.6. The molecule has 0 unspecified atom stereocenters. The molecular weight excluding hydrogens is 307 g/mol. The summed E-state index contributed by atoms with van der Waals surface area (Å²) in [5, 5.41) is 19.5. The van der Waals surface area contributed by atoms with Gasteiger partial charge in [0.05, 0.1) is 10.5 Å². The lowest BCUT2D eigenvalue weighted by atomic mass is 10.0. The highest BCUT2D eigenvalue weighted by Gasteiger charge is 2.12. The van der Waals surface area contributed by atoms with Crippen molar-refractivity contribution >= 4 is 34.4 Å². The van der Waals surface area contributed by atoms with Gasteiger partial charge in [-0.05, 0) is 28.2 Å². The molecule has 15 heavy (non-hydrogen) atoms. The van der Waals surface area contributed by atoms with E-state index in [1.807, 2.05) is 28.7 Å². The number of non-ortho nitro benzene ring substituents is 1. The first kappa shape index (κ1) is 11.7. The fourth-order valence-corrected chi connectivity index (χ4v) is 1.64. The molecule has 0 heterocycles. The Labute approximate surface area is 101 Å². The van der Waals surface area contributed by atoms with Crippen molar-refractivity contribution in [2.45, 2.75) is 6.92 Å². The Kier molecular flexibility index (Phi) is 3.80. The topological polar surface area (TPSA) is 66.9 Å². The molecule has 1 aromatic rings. The Morgan fingerprint density at radius 3 is 2.73 bits per heavy atom. The summed E-state index contributed by atoms with van der Waals surface area (Å²) in [6, 6.07) is 4.85. The predicted octanol–water partition coefficient (Wildman–Crippen LogP) is 3.18. The van der Waals surface area contributed by atoms with Crippen molar-refractivity contribution in [1.82, 2.24) is 0 Å². The van der Waals surface area contributed by atoms with E-state index in [-0.39, 0.29) is 5.69 Å². The standard InChI is InChI=1S/C10H7IN2O2/c1-7-4-9(13(14)15)5-8(2-3-11)10(7)6-12/h2-5H,1H3/b3-2-. The number of hydrogen-bond donors (Lipinski definition) is 0. The number of hydrogen-bond acceptors (Lipinski definition) is 3. The molecule has 5 heteroatoms.